The van der Waals surface area contributed by atoms with Gasteiger partial charge in [-0.3, -0.25) is 10.1 Å². The highest BCUT2D eigenvalue weighted by molar-refractivity contribution is 5.71. The van der Waals surface area contributed by atoms with Crippen molar-refractivity contribution in [1.82, 2.24) is 5.16 Å². The minimum Gasteiger partial charge on any atom is -0.367 e. The number of amides is 1. The number of benzene rings is 2. The fourth-order valence-corrected chi connectivity index (χ4v) is 3.11. The highest BCUT2D eigenvalue weighted by atomic mass is 16.5. The van der Waals surface area contributed by atoms with Crippen LogP contribution >= 0.6 is 0 Å². The largest absolute Gasteiger partial charge is 0.367 e. The predicted molar refractivity (Wildman–Crippen MR) is 92.8 cm³/mol. The summed E-state index contributed by atoms with van der Waals surface area (Å²) >= 11 is 0. The molecule has 0 radical (unpaired) electrons. The highest BCUT2D eigenvalue weighted by Crippen LogP contribution is 2.29. The molecule has 0 fully saturated rings. The van der Waals surface area contributed by atoms with Crippen LogP contribution in [-0.4, -0.2) is 18.1 Å². The summed E-state index contributed by atoms with van der Waals surface area (Å²) in [4.78, 5) is 12.8. The smallest absolute Gasteiger partial charge is 0.231 e. The number of aromatic nitrogens is 1. The summed E-state index contributed by atoms with van der Waals surface area (Å²) in [7, 11) is 0. The van der Waals surface area contributed by atoms with Gasteiger partial charge in [0, 0.05) is 30.4 Å². The molecule has 0 spiro atoms. The number of nitrogens with zero attached hydrogens (tertiary/aromatic N) is 2. The summed E-state index contributed by atoms with van der Waals surface area (Å²) in [5.41, 5.74) is 5.68. The minimum atomic E-state index is 0.345. The van der Waals surface area contributed by atoms with Gasteiger partial charge in [0.05, 0.1) is 0 Å². The molecule has 1 amide bonds. The molecule has 0 aliphatic carbocycles. The first-order valence-corrected chi connectivity index (χ1v) is 7.92. The molecule has 1 aliphatic rings. The Morgan fingerprint density at radius 1 is 1.17 bits per heavy atom. The van der Waals surface area contributed by atoms with E-state index in [1.165, 1.54) is 16.8 Å². The van der Waals surface area contributed by atoms with Gasteiger partial charge < -0.3 is 9.42 Å². The van der Waals surface area contributed by atoms with Crippen molar-refractivity contribution in [2.24, 2.45) is 0 Å². The number of para-hydroxylation sites is 1. The van der Waals surface area contributed by atoms with Crippen LogP contribution in [0.4, 0.5) is 11.6 Å². The molecule has 1 N–H and O–H groups in total. The van der Waals surface area contributed by atoms with Crippen LogP contribution in [0.3, 0.4) is 0 Å². The van der Waals surface area contributed by atoms with Crippen LogP contribution in [0.25, 0.3) is 11.3 Å². The van der Waals surface area contributed by atoms with Crippen LogP contribution in [0, 0.1) is 0 Å². The second-order valence-corrected chi connectivity index (χ2v) is 5.84. The molecule has 0 atom stereocenters. The van der Waals surface area contributed by atoms with Gasteiger partial charge in [-0.2, -0.15) is 0 Å². The van der Waals surface area contributed by atoms with E-state index < -0.39 is 0 Å². The summed E-state index contributed by atoms with van der Waals surface area (Å²) in [5.74, 6) is 0.345. The van der Waals surface area contributed by atoms with Crippen LogP contribution in [-0.2, 0) is 17.8 Å². The van der Waals surface area contributed by atoms with Crippen LogP contribution < -0.4 is 10.2 Å². The molecule has 120 valence electrons. The summed E-state index contributed by atoms with van der Waals surface area (Å²) in [6.07, 6.45) is 1.68. The molecule has 4 rings (SSSR count). The molecule has 3 aromatic rings. The normalized spacial score (nSPS) is 12.9. The van der Waals surface area contributed by atoms with E-state index in [9.17, 15) is 4.79 Å². The quantitative estimate of drug-likeness (QED) is 0.732. The van der Waals surface area contributed by atoms with Gasteiger partial charge in [0.25, 0.3) is 0 Å². The number of hydrogen-bond donors (Lipinski definition) is 1. The maximum absolute atomic E-state index is 10.4. The fourth-order valence-electron chi connectivity index (χ4n) is 3.11. The zero-order valence-corrected chi connectivity index (χ0v) is 13.1. The molecule has 2 heterocycles. The Balaban J connectivity index is 1.49. The lowest BCUT2D eigenvalue weighted by Gasteiger charge is -2.19. The third kappa shape index (κ3) is 2.76. The highest BCUT2D eigenvalue weighted by Gasteiger charge is 2.18. The topological polar surface area (TPSA) is 58.4 Å². The maximum atomic E-state index is 10.4. The average Bonchev–Trinajstić information content (AvgIpc) is 3.24. The number of rotatable bonds is 5. The van der Waals surface area contributed by atoms with E-state index in [1.807, 2.05) is 12.1 Å². The van der Waals surface area contributed by atoms with Crippen molar-refractivity contribution in [1.29, 1.82) is 0 Å². The van der Waals surface area contributed by atoms with E-state index >= 15 is 0 Å². The molecular formula is C19H17N3O2. The number of hydrogen-bond acceptors (Lipinski definition) is 4. The van der Waals surface area contributed by atoms with Crippen molar-refractivity contribution < 1.29 is 9.32 Å². The molecule has 1 aromatic heterocycles. The van der Waals surface area contributed by atoms with Gasteiger partial charge in [-0.25, -0.2) is 0 Å². The number of nitrogens with one attached hydrogen (secondary N) is 1. The number of anilines is 2. The zero-order valence-electron chi connectivity index (χ0n) is 13.1. The Morgan fingerprint density at radius 3 is 2.83 bits per heavy atom. The van der Waals surface area contributed by atoms with Crippen molar-refractivity contribution in [2.45, 2.75) is 13.0 Å². The summed E-state index contributed by atoms with van der Waals surface area (Å²) in [6, 6.07) is 18.6. The summed E-state index contributed by atoms with van der Waals surface area (Å²) in [5, 5.41) is 6.41. The Labute approximate surface area is 139 Å². The standard InChI is InChI=1S/C19H17N3O2/c23-13-20-19-11-17(21-24-19)15-7-5-14(6-8-15)12-22-10-9-16-3-1-2-4-18(16)22/h1-8,11,13H,9-10,12H2,(H,20,23). The van der Waals surface area contributed by atoms with Gasteiger partial charge in [0.2, 0.25) is 12.3 Å². The maximum Gasteiger partial charge on any atom is 0.231 e. The van der Waals surface area contributed by atoms with E-state index in [0.717, 1.165) is 25.1 Å². The third-order valence-corrected chi connectivity index (χ3v) is 4.32. The lowest BCUT2D eigenvalue weighted by molar-refractivity contribution is -0.105. The van der Waals surface area contributed by atoms with Crippen molar-refractivity contribution in [3.63, 3.8) is 0 Å². The first-order valence-electron chi connectivity index (χ1n) is 7.92. The van der Waals surface area contributed by atoms with Crippen LogP contribution in [0.1, 0.15) is 11.1 Å². The van der Waals surface area contributed by atoms with Gasteiger partial charge >= 0.3 is 0 Å². The fraction of sp³-hybridized carbons (Fsp3) is 0.158. The first kappa shape index (κ1) is 14.5. The van der Waals surface area contributed by atoms with E-state index in [0.29, 0.717) is 18.0 Å². The molecule has 0 bridgehead atoms. The summed E-state index contributed by atoms with van der Waals surface area (Å²) < 4.78 is 5.04. The van der Waals surface area contributed by atoms with Crippen molar-refractivity contribution in [2.75, 3.05) is 16.8 Å². The van der Waals surface area contributed by atoms with E-state index in [4.69, 9.17) is 4.52 Å². The Bertz CT molecular complexity index is 855. The van der Waals surface area contributed by atoms with Gasteiger partial charge in [-0.05, 0) is 23.6 Å². The van der Waals surface area contributed by atoms with E-state index in [2.05, 4.69) is 51.8 Å². The molecule has 2 aromatic carbocycles. The first-order chi connectivity index (χ1) is 11.8. The molecular weight excluding hydrogens is 302 g/mol. The van der Waals surface area contributed by atoms with Crippen molar-refractivity contribution in [3.05, 3.63) is 65.7 Å². The van der Waals surface area contributed by atoms with Crippen LogP contribution in [0.15, 0.2) is 59.1 Å². The van der Waals surface area contributed by atoms with Crippen LogP contribution in [0.2, 0.25) is 0 Å². The van der Waals surface area contributed by atoms with Crippen molar-refractivity contribution >= 4 is 18.0 Å². The second kappa shape index (κ2) is 6.20. The molecule has 24 heavy (non-hydrogen) atoms. The van der Waals surface area contributed by atoms with Gasteiger partial charge in [-0.1, -0.05) is 47.6 Å². The third-order valence-electron chi connectivity index (χ3n) is 4.32. The second-order valence-electron chi connectivity index (χ2n) is 5.84. The van der Waals surface area contributed by atoms with Gasteiger partial charge in [-0.15, -0.1) is 0 Å². The van der Waals surface area contributed by atoms with Gasteiger partial charge in [0.15, 0.2) is 0 Å². The zero-order chi connectivity index (χ0) is 16.4. The van der Waals surface area contributed by atoms with Crippen LogP contribution in [0.5, 0.6) is 0 Å². The SMILES string of the molecule is O=CNc1cc(-c2ccc(CN3CCc4ccccc43)cc2)no1. The predicted octanol–water partition coefficient (Wildman–Crippen LogP) is 3.47. The number of carbonyl (C=O) groups is 1. The molecule has 5 heteroatoms. The Hall–Kier alpha value is -3.08. The lowest BCUT2D eigenvalue weighted by Crippen LogP contribution is -2.19. The number of fused-ring (bicyclic) bond motifs is 1. The monoisotopic (exact) mass is 319 g/mol. The Kier molecular flexibility index (Phi) is 3.75. The average molecular weight is 319 g/mol. The number of carbonyl (C=O) groups excluding carboxylic acids is 1. The molecule has 5 nitrogen and oxygen atoms in total. The van der Waals surface area contributed by atoms with Gasteiger partial charge in [0.1, 0.15) is 5.69 Å². The molecule has 1 aliphatic heterocycles. The Morgan fingerprint density at radius 2 is 2.00 bits per heavy atom. The molecule has 0 saturated carbocycles. The van der Waals surface area contributed by atoms with Crippen molar-refractivity contribution in [3.8, 4) is 11.3 Å². The lowest BCUT2D eigenvalue weighted by atomic mass is 10.1. The molecule has 0 unspecified atom stereocenters. The molecule has 0 saturated heterocycles. The summed E-state index contributed by atoms with van der Waals surface area (Å²) in [6.45, 7) is 1.96. The van der Waals surface area contributed by atoms with E-state index in [1.54, 1.807) is 6.07 Å². The van der Waals surface area contributed by atoms with E-state index in [-0.39, 0.29) is 0 Å². The minimum absolute atomic E-state index is 0.345.